The summed E-state index contributed by atoms with van der Waals surface area (Å²) in [5.41, 5.74) is 2.41. The van der Waals surface area contributed by atoms with E-state index in [0.717, 1.165) is 19.3 Å². The number of unbranched alkanes of at least 4 members (excludes halogenated alkanes) is 1. The van der Waals surface area contributed by atoms with Crippen molar-refractivity contribution in [2.45, 2.75) is 90.1 Å². The van der Waals surface area contributed by atoms with Crippen LogP contribution in [0, 0.1) is 18.8 Å². The van der Waals surface area contributed by atoms with Crippen molar-refractivity contribution in [1.82, 2.24) is 0 Å². The van der Waals surface area contributed by atoms with Crippen LogP contribution in [-0.2, 0) is 16.0 Å². The van der Waals surface area contributed by atoms with Crippen LogP contribution in [0.5, 0.6) is 0 Å². The smallest absolute Gasteiger partial charge is 0.306 e. The molecule has 0 aliphatic heterocycles. The van der Waals surface area contributed by atoms with E-state index in [0.29, 0.717) is 25.7 Å². The highest BCUT2D eigenvalue weighted by Crippen LogP contribution is 2.36. The van der Waals surface area contributed by atoms with Crippen LogP contribution in [0.1, 0.15) is 63.5 Å². The number of ether oxygens (including phenoxy) is 1. The lowest BCUT2D eigenvalue weighted by atomic mass is 9.89. The molecule has 0 heterocycles. The normalized spacial score (nSPS) is 24.6. The Morgan fingerprint density at radius 1 is 1.22 bits per heavy atom. The van der Waals surface area contributed by atoms with Crippen LogP contribution in [0.15, 0.2) is 48.6 Å². The molecule has 0 saturated heterocycles. The minimum atomic E-state index is -0.602. The predicted molar refractivity (Wildman–Crippen MR) is 127 cm³/mol. The monoisotopic (exact) mass is 444 g/mol. The highest BCUT2D eigenvalue weighted by Gasteiger charge is 2.39. The number of allylic oxidation sites excluding steroid dienone is 2. The first kappa shape index (κ1) is 26.3. The molecule has 32 heavy (non-hydrogen) atoms. The molecule has 5 nitrogen and oxygen atoms in total. The second-order valence-electron chi connectivity index (χ2n) is 9.23. The third-order valence-electron chi connectivity index (χ3n) is 5.98. The molecule has 0 radical (unpaired) electrons. The van der Waals surface area contributed by atoms with Crippen molar-refractivity contribution in [3.63, 3.8) is 0 Å². The highest BCUT2D eigenvalue weighted by molar-refractivity contribution is 5.69. The predicted octanol–water partition coefficient (Wildman–Crippen LogP) is 4.27. The zero-order valence-corrected chi connectivity index (χ0v) is 19.7. The van der Waals surface area contributed by atoms with Crippen LogP contribution in [0.3, 0.4) is 0 Å². The van der Waals surface area contributed by atoms with Crippen LogP contribution in [-0.4, -0.2) is 45.7 Å². The summed E-state index contributed by atoms with van der Waals surface area (Å²) in [4.78, 5) is 11.6. The fourth-order valence-electron chi connectivity index (χ4n) is 4.30. The zero-order valence-electron chi connectivity index (χ0n) is 19.7. The third-order valence-corrected chi connectivity index (χ3v) is 5.98. The van der Waals surface area contributed by atoms with E-state index in [4.69, 9.17) is 4.74 Å². The van der Waals surface area contributed by atoms with Crippen molar-refractivity contribution >= 4 is 5.97 Å². The zero-order chi connectivity index (χ0) is 23.5. The van der Waals surface area contributed by atoms with E-state index in [1.54, 1.807) is 6.08 Å². The van der Waals surface area contributed by atoms with Gasteiger partial charge in [0.2, 0.25) is 0 Å². The van der Waals surface area contributed by atoms with Gasteiger partial charge in [0.05, 0.1) is 24.4 Å². The first-order valence-electron chi connectivity index (χ1n) is 11.9. The molecule has 1 aliphatic rings. The Morgan fingerprint density at radius 2 is 2.00 bits per heavy atom. The molecule has 1 saturated carbocycles. The van der Waals surface area contributed by atoms with Gasteiger partial charge in [-0.05, 0) is 64.4 Å². The molecule has 2 rings (SSSR count). The summed E-state index contributed by atoms with van der Waals surface area (Å²) in [5, 5.41) is 31.1. The summed E-state index contributed by atoms with van der Waals surface area (Å²) in [7, 11) is 0. The van der Waals surface area contributed by atoms with Gasteiger partial charge in [-0.1, -0.05) is 54.1 Å². The van der Waals surface area contributed by atoms with E-state index in [9.17, 15) is 20.1 Å². The van der Waals surface area contributed by atoms with E-state index >= 15 is 0 Å². The van der Waals surface area contributed by atoms with Crippen molar-refractivity contribution in [2.75, 3.05) is 0 Å². The van der Waals surface area contributed by atoms with E-state index in [-0.39, 0.29) is 23.9 Å². The second-order valence-corrected chi connectivity index (χ2v) is 9.23. The lowest BCUT2D eigenvalue weighted by Crippen LogP contribution is -2.20. The molecule has 1 aromatic rings. The number of benzene rings is 1. The Labute approximate surface area is 192 Å². The number of esters is 1. The van der Waals surface area contributed by atoms with Crippen molar-refractivity contribution in [3.8, 4) is 0 Å². The highest BCUT2D eigenvalue weighted by atomic mass is 16.5. The summed E-state index contributed by atoms with van der Waals surface area (Å²) in [5.74, 6) is -0.425. The Bertz CT molecular complexity index is 754. The van der Waals surface area contributed by atoms with Crippen molar-refractivity contribution in [3.05, 3.63) is 59.7 Å². The summed E-state index contributed by atoms with van der Waals surface area (Å²) in [6, 6.07) is 8.28. The number of aliphatic hydroxyl groups is 3. The molecule has 5 atom stereocenters. The maximum atomic E-state index is 11.6. The molecule has 1 aromatic carbocycles. The van der Waals surface area contributed by atoms with Gasteiger partial charge in [-0.2, -0.15) is 0 Å². The average molecular weight is 445 g/mol. The maximum absolute atomic E-state index is 11.6. The minimum Gasteiger partial charge on any atom is -0.463 e. The first-order chi connectivity index (χ1) is 15.3. The molecule has 178 valence electrons. The standard InChI is InChI=1S/C27H40O5/c1-19(2)32-27(31)12-7-5-4-6-11-23-24(26(30)18-25(23)29)16-15-22(28)14-13-21-10-8-9-20(3)17-21/h4,6,8-10,15-17,19,22-26,28-30H,5,7,11-14,18H2,1-3H3/b6-4-,16-15+/t22?,23-,24-,25+,26-/m1/s1. The molecule has 0 bridgehead atoms. The molecule has 5 heteroatoms. The lowest BCUT2D eigenvalue weighted by Gasteiger charge is -2.19. The molecule has 0 aromatic heterocycles. The number of aryl methyl sites for hydroxylation is 2. The van der Waals surface area contributed by atoms with Gasteiger partial charge in [0.1, 0.15) is 0 Å². The third kappa shape index (κ3) is 9.27. The van der Waals surface area contributed by atoms with Crippen LogP contribution >= 0.6 is 0 Å². The molecule has 1 fully saturated rings. The molecular formula is C27H40O5. The van der Waals surface area contributed by atoms with Crippen LogP contribution in [0.25, 0.3) is 0 Å². The van der Waals surface area contributed by atoms with Crippen molar-refractivity contribution in [1.29, 1.82) is 0 Å². The number of hydrogen-bond donors (Lipinski definition) is 3. The van der Waals surface area contributed by atoms with E-state index < -0.39 is 18.3 Å². The number of carbonyl (C=O) groups excluding carboxylic acids is 1. The van der Waals surface area contributed by atoms with Gasteiger partial charge in [-0.25, -0.2) is 0 Å². The Balaban J connectivity index is 1.78. The second kappa shape index (κ2) is 13.6. The van der Waals surface area contributed by atoms with E-state index in [2.05, 4.69) is 25.1 Å². The van der Waals surface area contributed by atoms with E-state index in [1.807, 2.05) is 38.1 Å². The molecule has 1 aliphatic carbocycles. The molecule has 3 N–H and O–H groups in total. The van der Waals surface area contributed by atoms with Gasteiger partial charge < -0.3 is 20.1 Å². The Hall–Kier alpha value is -1.95. The van der Waals surface area contributed by atoms with Gasteiger partial charge in [-0.3, -0.25) is 4.79 Å². The Morgan fingerprint density at radius 3 is 2.72 bits per heavy atom. The van der Waals surface area contributed by atoms with E-state index in [1.165, 1.54) is 11.1 Å². The number of carbonyl (C=O) groups is 1. The number of aliphatic hydroxyl groups excluding tert-OH is 3. The molecule has 0 spiro atoms. The van der Waals surface area contributed by atoms with Gasteiger partial charge in [-0.15, -0.1) is 0 Å². The van der Waals surface area contributed by atoms with Gasteiger partial charge in [0, 0.05) is 18.8 Å². The van der Waals surface area contributed by atoms with Gasteiger partial charge in [0.15, 0.2) is 0 Å². The molecule has 1 unspecified atom stereocenters. The van der Waals surface area contributed by atoms with Crippen LogP contribution < -0.4 is 0 Å². The topological polar surface area (TPSA) is 87.0 Å². The van der Waals surface area contributed by atoms with Crippen molar-refractivity contribution < 1.29 is 24.9 Å². The Kier molecular flexibility index (Phi) is 11.1. The average Bonchev–Trinajstić information content (AvgIpc) is 2.99. The lowest BCUT2D eigenvalue weighted by molar-refractivity contribution is -0.147. The molecular weight excluding hydrogens is 404 g/mol. The summed E-state index contributed by atoms with van der Waals surface area (Å²) in [6.45, 7) is 5.74. The van der Waals surface area contributed by atoms with Crippen molar-refractivity contribution in [2.24, 2.45) is 11.8 Å². The molecule has 0 amide bonds. The maximum Gasteiger partial charge on any atom is 0.306 e. The summed E-state index contributed by atoms with van der Waals surface area (Å²) < 4.78 is 5.12. The SMILES string of the molecule is Cc1cccc(CCC(O)/C=C/[C@@H]2[C@@H](C/C=C\CCCC(=O)OC(C)C)[C@@H](O)C[C@H]2O)c1. The quantitative estimate of drug-likeness (QED) is 0.255. The number of hydrogen-bond acceptors (Lipinski definition) is 5. The van der Waals surface area contributed by atoms with Crippen LogP contribution in [0.4, 0.5) is 0 Å². The fraction of sp³-hybridized carbons (Fsp3) is 0.593. The fourth-order valence-corrected chi connectivity index (χ4v) is 4.30. The van der Waals surface area contributed by atoms with Gasteiger partial charge >= 0.3 is 5.97 Å². The summed E-state index contributed by atoms with van der Waals surface area (Å²) >= 11 is 0. The number of rotatable bonds is 12. The largest absolute Gasteiger partial charge is 0.463 e. The summed E-state index contributed by atoms with van der Waals surface area (Å²) in [6.07, 6.45) is 10.2. The minimum absolute atomic E-state index is 0.0765. The first-order valence-corrected chi connectivity index (χ1v) is 11.9. The van der Waals surface area contributed by atoms with Crippen LogP contribution in [0.2, 0.25) is 0 Å². The van der Waals surface area contributed by atoms with Gasteiger partial charge in [0.25, 0.3) is 0 Å².